The standard InChI is InChI=1S/C34H31Cl3F3N3O4S/c1-2-18-41-33(45)31(19-23-10-5-3-6-11-23)42(21-26-27(35)14-9-15-28(26)36)32(44)22-43(48(46,47)25-12-7-4-8-13-25)30-20-24(34(38,39)40)16-17-29(30)37/h3-17,20,31H,2,18-19,21-22H2,1H3,(H,41,45)/t31-/m0/s1. The van der Waals surface area contributed by atoms with Gasteiger partial charge in [-0.2, -0.15) is 13.2 Å². The first-order valence-corrected chi connectivity index (χ1v) is 17.3. The number of nitrogens with zero attached hydrogens (tertiary/aromatic N) is 2. The number of nitrogens with one attached hydrogen (secondary N) is 1. The number of hydrogen-bond acceptors (Lipinski definition) is 4. The molecule has 0 spiro atoms. The first kappa shape index (κ1) is 37.1. The van der Waals surface area contributed by atoms with Crippen molar-refractivity contribution in [3.63, 3.8) is 0 Å². The number of carbonyl (C=O) groups is 2. The minimum atomic E-state index is -4.85. The fraction of sp³-hybridized carbons (Fsp3) is 0.235. The van der Waals surface area contributed by atoms with E-state index < -0.39 is 51.9 Å². The highest BCUT2D eigenvalue weighted by molar-refractivity contribution is 7.92. The van der Waals surface area contributed by atoms with Crippen LogP contribution in [0.5, 0.6) is 0 Å². The van der Waals surface area contributed by atoms with E-state index in [9.17, 15) is 31.2 Å². The van der Waals surface area contributed by atoms with E-state index in [1.54, 1.807) is 54.6 Å². The molecule has 0 aromatic heterocycles. The van der Waals surface area contributed by atoms with Gasteiger partial charge in [-0.25, -0.2) is 8.42 Å². The van der Waals surface area contributed by atoms with Gasteiger partial charge in [0.25, 0.3) is 10.0 Å². The van der Waals surface area contributed by atoms with Crippen LogP contribution in [0.2, 0.25) is 15.1 Å². The number of anilines is 1. The Kier molecular flexibility index (Phi) is 12.4. The molecule has 0 saturated carbocycles. The molecule has 0 fully saturated rings. The Balaban J connectivity index is 1.89. The van der Waals surface area contributed by atoms with Crippen molar-refractivity contribution in [2.75, 3.05) is 17.4 Å². The maximum atomic E-state index is 14.5. The Morgan fingerprint density at radius 2 is 1.44 bits per heavy atom. The van der Waals surface area contributed by atoms with Crippen LogP contribution in [-0.4, -0.2) is 44.3 Å². The van der Waals surface area contributed by atoms with E-state index in [0.717, 1.165) is 11.0 Å². The molecule has 7 nitrogen and oxygen atoms in total. The molecule has 1 N–H and O–H groups in total. The van der Waals surface area contributed by atoms with Crippen molar-refractivity contribution in [3.05, 3.63) is 129 Å². The average molecular weight is 741 g/mol. The van der Waals surface area contributed by atoms with Gasteiger partial charge in [-0.15, -0.1) is 0 Å². The van der Waals surface area contributed by atoms with Crippen LogP contribution in [0, 0.1) is 0 Å². The highest BCUT2D eigenvalue weighted by atomic mass is 35.5. The number of hydrogen-bond donors (Lipinski definition) is 1. The number of sulfonamides is 1. The normalized spacial score (nSPS) is 12.3. The topological polar surface area (TPSA) is 86.8 Å². The summed E-state index contributed by atoms with van der Waals surface area (Å²) in [5, 5.41) is 2.82. The largest absolute Gasteiger partial charge is 0.416 e. The molecule has 0 aliphatic rings. The number of rotatable bonds is 13. The molecule has 0 unspecified atom stereocenters. The quantitative estimate of drug-likeness (QED) is 0.151. The molecule has 4 aromatic rings. The summed E-state index contributed by atoms with van der Waals surface area (Å²) < 4.78 is 70.2. The van der Waals surface area contributed by atoms with Crippen molar-refractivity contribution in [2.24, 2.45) is 0 Å². The third-order valence-electron chi connectivity index (χ3n) is 7.36. The molecule has 4 aromatic carbocycles. The summed E-state index contributed by atoms with van der Waals surface area (Å²) in [5.41, 5.74) is -0.783. The number of alkyl halides is 3. The van der Waals surface area contributed by atoms with Crippen molar-refractivity contribution in [2.45, 2.75) is 43.4 Å². The summed E-state index contributed by atoms with van der Waals surface area (Å²) >= 11 is 19.3. The maximum Gasteiger partial charge on any atom is 0.416 e. The van der Waals surface area contributed by atoms with Crippen LogP contribution in [0.25, 0.3) is 0 Å². The van der Waals surface area contributed by atoms with E-state index in [1.165, 1.54) is 24.3 Å². The first-order valence-electron chi connectivity index (χ1n) is 14.7. The Labute approximate surface area is 292 Å². The fourth-order valence-electron chi connectivity index (χ4n) is 4.89. The molecule has 0 bridgehead atoms. The number of amides is 2. The summed E-state index contributed by atoms with van der Waals surface area (Å²) in [5.74, 6) is -1.46. The average Bonchev–Trinajstić information content (AvgIpc) is 3.05. The molecular weight excluding hydrogens is 710 g/mol. The molecule has 0 radical (unpaired) electrons. The molecule has 0 saturated heterocycles. The fourth-order valence-corrected chi connectivity index (χ4v) is 7.12. The summed E-state index contributed by atoms with van der Waals surface area (Å²) in [4.78, 5) is 29.1. The van der Waals surface area contributed by atoms with Gasteiger partial charge < -0.3 is 10.2 Å². The van der Waals surface area contributed by atoms with Crippen LogP contribution in [0.15, 0.2) is 102 Å². The monoisotopic (exact) mass is 739 g/mol. The smallest absolute Gasteiger partial charge is 0.354 e. The second-order valence-corrected chi connectivity index (χ2v) is 13.8. The lowest BCUT2D eigenvalue weighted by Crippen LogP contribution is -2.53. The number of benzene rings is 4. The Bertz CT molecular complexity index is 1830. The van der Waals surface area contributed by atoms with E-state index >= 15 is 0 Å². The molecule has 1 atom stereocenters. The van der Waals surface area contributed by atoms with Crippen LogP contribution in [-0.2, 0) is 38.8 Å². The summed E-state index contributed by atoms with van der Waals surface area (Å²) in [6, 6.07) is 21.4. The molecule has 2 amide bonds. The lowest BCUT2D eigenvalue weighted by atomic mass is 10.0. The number of carbonyl (C=O) groups excluding carboxylic acids is 2. The molecule has 48 heavy (non-hydrogen) atoms. The van der Waals surface area contributed by atoms with Gasteiger partial charge in [0, 0.05) is 35.1 Å². The third-order valence-corrected chi connectivity index (χ3v) is 10.2. The van der Waals surface area contributed by atoms with Crippen LogP contribution >= 0.6 is 34.8 Å². The van der Waals surface area contributed by atoms with Gasteiger partial charge in [0.15, 0.2) is 0 Å². The van der Waals surface area contributed by atoms with Crippen LogP contribution in [0.3, 0.4) is 0 Å². The minimum Gasteiger partial charge on any atom is -0.354 e. The second-order valence-electron chi connectivity index (χ2n) is 10.7. The molecule has 254 valence electrons. The van der Waals surface area contributed by atoms with Gasteiger partial charge in [-0.1, -0.05) is 96.3 Å². The van der Waals surface area contributed by atoms with Gasteiger partial charge >= 0.3 is 6.18 Å². The Morgan fingerprint density at radius 1 is 0.833 bits per heavy atom. The molecule has 14 heteroatoms. The van der Waals surface area contributed by atoms with Crippen molar-refractivity contribution >= 4 is 62.3 Å². The highest BCUT2D eigenvalue weighted by Crippen LogP contribution is 2.38. The SMILES string of the molecule is CCCNC(=O)[C@H](Cc1ccccc1)N(Cc1c(Cl)cccc1Cl)C(=O)CN(c1cc(C(F)(F)F)ccc1Cl)S(=O)(=O)c1ccccc1. The maximum absolute atomic E-state index is 14.5. The van der Waals surface area contributed by atoms with Crippen LogP contribution < -0.4 is 9.62 Å². The highest BCUT2D eigenvalue weighted by Gasteiger charge is 2.37. The minimum absolute atomic E-state index is 0.0138. The van der Waals surface area contributed by atoms with E-state index in [4.69, 9.17) is 34.8 Å². The third kappa shape index (κ3) is 9.02. The Hall–Kier alpha value is -3.77. The molecule has 4 rings (SSSR count). The summed E-state index contributed by atoms with van der Waals surface area (Å²) in [6.07, 6.45) is -4.25. The van der Waals surface area contributed by atoms with E-state index in [1.807, 2.05) is 6.92 Å². The predicted molar refractivity (Wildman–Crippen MR) is 182 cm³/mol. The molecule has 0 aliphatic heterocycles. The predicted octanol–water partition coefficient (Wildman–Crippen LogP) is 8.03. The first-order chi connectivity index (χ1) is 22.7. The Morgan fingerprint density at radius 3 is 2.02 bits per heavy atom. The molecule has 0 aliphatic carbocycles. The van der Waals surface area contributed by atoms with Crippen LogP contribution in [0.4, 0.5) is 18.9 Å². The summed E-state index contributed by atoms with van der Waals surface area (Å²) in [6.45, 7) is 0.786. The van der Waals surface area contributed by atoms with E-state index in [-0.39, 0.29) is 45.0 Å². The lowest BCUT2D eigenvalue weighted by molar-refractivity contribution is -0.140. The van der Waals surface area contributed by atoms with Crippen molar-refractivity contribution < 1.29 is 31.2 Å². The van der Waals surface area contributed by atoms with Gasteiger partial charge in [-0.3, -0.25) is 13.9 Å². The summed E-state index contributed by atoms with van der Waals surface area (Å²) in [7, 11) is -4.69. The van der Waals surface area contributed by atoms with Gasteiger partial charge in [0.2, 0.25) is 11.8 Å². The second kappa shape index (κ2) is 16.1. The zero-order valence-electron chi connectivity index (χ0n) is 25.6. The zero-order chi connectivity index (χ0) is 35.1. The van der Waals surface area contributed by atoms with Crippen molar-refractivity contribution in [1.82, 2.24) is 10.2 Å². The number of halogens is 6. The van der Waals surface area contributed by atoms with Gasteiger partial charge in [-0.05, 0) is 54.4 Å². The zero-order valence-corrected chi connectivity index (χ0v) is 28.6. The van der Waals surface area contributed by atoms with E-state index in [0.29, 0.717) is 28.4 Å². The van der Waals surface area contributed by atoms with Crippen LogP contribution in [0.1, 0.15) is 30.0 Å². The molecular formula is C34H31Cl3F3N3O4S. The van der Waals surface area contributed by atoms with Gasteiger partial charge in [0.1, 0.15) is 12.6 Å². The van der Waals surface area contributed by atoms with Crippen molar-refractivity contribution in [1.29, 1.82) is 0 Å². The van der Waals surface area contributed by atoms with Crippen molar-refractivity contribution in [3.8, 4) is 0 Å². The lowest BCUT2D eigenvalue weighted by Gasteiger charge is -2.34. The molecule has 0 heterocycles. The van der Waals surface area contributed by atoms with Gasteiger partial charge in [0.05, 0.1) is 21.2 Å². The van der Waals surface area contributed by atoms with E-state index in [2.05, 4.69) is 5.32 Å².